The Hall–Kier alpha value is -1.91. The van der Waals surface area contributed by atoms with Gasteiger partial charge in [-0.2, -0.15) is 13.2 Å². The summed E-state index contributed by atoms with van der Waals surface area (Å²) in [6.45, 7) is 7.70. The van der Waals surface area contributed by atoms with E-state index in [0.717, 1.165) is 11.8 Å². The molecule has 2 aromatic heterocycles. The molecular formula is C18H21F3N2. The molecule has 0 N–H and O–H groups in total. The number of pyridine rings is 2. The molecule has 2 aromatic rings. The molecule has 0 amide bonds. The molecule has 1 atom stereocenters. The Morgan fingerprint density at radius 2 is 1.74 bits per heavy atom. The van der Waals surface area contributed by atoms with Crippen LogP contribution in [0.15, 0.2) is 30.5 Å². The van der Waals surface area contributed by atoms with Gasteiger partial charge in [0.1, 0.15) is 5.69 Å². The lowest BCUT2D eigenvalue weighted by atomic mass is 9.94. The first-order valence-electron chi connectivity index (χ1n) is 7.67. The highest BCUT2D eigenvalue weighted by Crippen LogP contribution is 2.31. The number of aromatic nitrogens is 2. The summed E-state index contributed by atoms with van der Waals surface area (Å²) < 4.78 is 38.7. The largest absolute Gasteiger partial charge is 0.433 e. The van der Waals surface area contributed by atoms with Crippen LogP contribution in [0.25, 0.3) is 0 Å². The highest BCUT2D eigenvalue weighted by molar-refractivity contribution is 5.28. The summed E-state index contributed by atoms with van der Waals surface area (Å²) in [5.74, 6) is 0.333. The maximum atomic E-state index is 12.9. The minimum Gasteiger partial charge on any atom is -0.261 e. The SMILES string of the molecule is Cc1cc(C(C)Cc2cc(C(C)C)ccn2)cc(C(F)(F)F)n1. The Balaban J connectivity index is 2.26. The van der Waals surface area contributed by atoms with Gasteiger partial charge in [-0.05, 0) is 60.6 Å². The third-order valence-electron chi connectivity index (χ3n) is 3.86. The first-order valence-corrected chi connectivity index (χ1v) is 7.67. The number of aryl methyl sites for hydroxylation is 1. The van der Waals surface area contributed by atoms with Crippen molar-refractivity contribution in [2.45, 2.75) is 52.1 Å². The smallest absolute Gasteiger partial charge is 0.261 e. The molecule has 0 saturated heterocycles. The molecule has 0 bridgehead atoms. The lowest BCUT2D eigenvalue weighted by Crippen LogP contribution is -2.11. The van der Waals surface area contributed by atoms with Crippen LogP contribution >= 0.6 is 0 Å². The molecule has 1 unspecified atom stereocenters. The maximum absolute atomic E-state index is 12.9. The summed E-state index contributed by atoms with van der Waals surface area (Å²) in [5, 5.41) is 0. The summed E-state index contributed by atoms with van der Waals surface area (Å²) in [6.07, 6.45) is -2.06. The van der Waals surface area contributed by atoms with Gasteiger partial charge in [0.15, 0.2) is 0 Å². The van der Waals surface area contributed by atoms with E-state index in [9.17, 15) is 13.2 Å². The topological polar surface area (TPSA) is 25.8 Å². The van der Waals surface area contributed by atoms with Gasteiger partial charge < -0.3 is 0 Å². The highest BCUT2D eigenvalue weighted by atomic mass is 19.4. The van der Waals surface area contributed by atoms with E-state index in [1.54, 1.807) is 19.2 Å². The van der Waals surface area contributed by atoms with Crippen LogP contribution in [0.2, 0.25) is 0 Å². The molecule has 0 fully saturated rings. The first kappa shape index (κ1) is 17.4. The second-order valence-electron chi connectivity index (χ2n) is 6.27. The molecule has 0 aliphatic carbocycles. The van der Waals surface area contributed by atoms with E-state index in [2.05, 4.69) is 23.8 Å². The van der Waals surface area contributed by atoms with Crippen LogP contribution < -0.4 is 0 Å². The number of hydrogen-bond donors (Lipinski definition) is 0. The molecule has 0 aliphatic heterocycles. The average molecular weight is 322 g/mol. The monoisotopic (exact) mass is 322 g/mol. The highest BCUT2D eigenvalue weighted by Gasteiger charge is 2.33. The number of rotatable bonds is 4. The van der Waals surface area contributed by atoms with Crippen molar-refractivity contribution < 1.29 is 13.2 Å². The Morgan fingerprint density at radius 3 is 2.35 bits per heavy atom. The third-order valence-corrected chi connectivity index (χ3v) is 3.86. The van der Waals surface area contributed by atoms with Crippen molar-refractivity contribution in [3.63, 3.8) is 0 Å². The Kier molecular flexibility index (Phi) is 5.07. The summed E-state index contributed by atoms with van der Waals surface area (Å²) >= 11 is 0. The van der Waals surface area contributed by atoms with E-state index in [4.69, 9.17) is 0 Å². The van der Waals surface area contributed by atoms with E-state index in [0.29, 0.717) is 23.6 Å². The Morgan fingerprint density at radius 1 is 1.04 bits per heavy atom. The summed E-state index contributed by atoms with van der Waals surface area (Å²) in [6, 6.07) is 6.85. The van der Waals surface area contributed by atoms with Crippen molar-refractivity contribution in [1.29, 1.82) is 0 Å². The van der Waals surface area contributed by atoms with Crippen molar-refractivity contribution in [3.8, 4) is 0 Å². The van der Waals surface area contributed by atoms with E-state index in [1.165, 1.54) is 5.56 Å². The van der Waals surface area contributed by atoms with Gasteiger partial charge in [-0.3, -0.25) is 4.98 Å². The molecular weight excluding hydrogens is 301 g/mol. The second kappa shape index (κ2) is 6.69. The average Bonchev–Trinajstić information content (AvgIpc) is 2.46. The quantitative estimate of drug-likeness (QED) is 0.766. The number of alkyl halides is 3. The maximum Gasteiger partial charge on any atom is 0.433 e. The molecule has 2 heterocycles. The van der Waals surface area contributed by atoms with Crippen LogP contribution in [-0.4, -0.2) is 9.97 Å². The number of nitrogens with zero attached hydrogens (tertiary/aromatic N) is 2. The zero-order valence-electron chi connectivity index (χ0n) is 13.8. The minimum atomic E-state index is -4.42. The lowest BCUT2D eigenvalue weighted by molar-refractivity contribution is -0.141. The van der Waals surface area contributed by atoms with Crippen molar-refractivity contribution >= 4 is 0 Å². The van der Waals surface area contributed by atoms with Gasteiger partial charge in [-0.1, -0.05) is 20.8 Å². The molecule has 0 radical (unpaired) electrons. The minimum absolute atomic E-state index is 0.0623. The molecule has 23 heavy (non-hydrogen) atoms. The standard InChI is InChI=1S/C18H21F3N2/c1-11(2)14-5-6-22-16(9-14)7-12(3)15-8-13(4)23-17(10-15)18(19,20)21/h5-6,8-12H,7H2,1-4H3. The van der Waals surface area contributed by atoms with Gasteiger partial charge in [0.25, 0.3) is 0 Å². The van der Waals surface area contributed by atoms with Gasteiger partial charge >= 0.3 is 6.18 Å². The van der Waals surface area contributed by atoms with E-state index in [1.807, 2.05) is 19.1 Å². The van der Waals surface area contributed by atoms with Crippen LogP contribution in [0.1, 0.15) is 60.8 Å². The molecule has 0 aliphatic rings. The van der Waals surface area contributed by atoms with Crippen LogP contribution in [0, 0.1) is 6.92 Å². The van der Waals surface area contributed by atoms with Crippen molar-refractivity contribution in [2.75, 3.05) is 0 Å². The van der Waals surface area contributed by atoms with Gasteiger partial charge in [-0.25, -0.2) is 4.98 Å². The fourth-order valence-electron chi connectivity index (χ4n) is 2.52. The van der Waals surface area contributed by atoms with Crippen molar-refractivity contribution in [3.05, 3.63) is 58.7 Å². The number of hydrogen-bond acceptors (Lipinski definition) is 2. The van der Waals surface area contributed by atoms with Gasteiger partial charge in [0.05, 0.1) is 0 Å². The normalized spacial score (nSPS) is 13.4. The second-order valence-corrected chi connectivity index (χ2v) is 6.27. The zero-order valence-corrected chi connectivity index (χ0v) is 13.8. The molecule has 124 valence electrons. The molecule has 5 heteroatoms. The van der Waals surface area contributed by atoms with Gasteiger partial charge in [0, 0.05) is 17.6 Å². The first-order chi connectivity index (χ1) is 10.7. The molecule has 0 spiro atoms. The van der Waals surface area contributed by atoms with Gasteiger partial charge in [0.2, 0.25) is 0 Å². The van der Waals surface area contributed by atoms with E-state index < -0.39 is 11.9 Å². The summed E-state index contributed by atoms with van der Waals surface area (Å²) in [7, 11) is 0. The van der Waals surface area contributed by atoms with Crippen molar-refractivity contribution in [1.82, 2.24) is 9.97 Å². The van der Waals surface area contributed by atoms with E-state index >= 15 is 0 Å². The van der Waals surface area contributed by atoms with E-state index in [-0.39, 0.29) is 5.92 Å². The lowest BCUT2D eigenvalue weighted by Gasteiger charge is -2.16. The fourth-order valence-corrected chi connectivity index (χ4v) is 2.52. The third kappa shape index (κ3) is 4.53. The predicted molar refractivity (Wildman–Crippen MR) is 84.4 cm³/mol. The Labute approximate surface area is 134 Å². The van der Waals surface area contributed by atoms with Crippen LogP contribution in [0.4, 0.5) is 13.2 Å². The summed E-state index contributed by atoms with van der Waals surface area (Å²) in [5.41, 5.74) is 2.27. The Bertz CT molecular complexity index is 678. The van der Waals surface area contributed by atoms with Crippen LogP contribution in [0.3, 0.4) is 0 Å². The summed E-state index contributed by atoms with van der Waals surface area (Å²) in [4.78, 5) is 7.93. The fraction of sp³-hybridized carbons (Fsp3) is 0.444. The van der Waals surface area contributed by atoms with Crippen LogP contribution in [0.5, 0.6) is 0 Å². The zero-order chi connectivity index (χ0) is 17.2. The predicted octanol–water partition coefficient (Wildman–Crippen LogP) is 5.27. The van der Waals surface area contributed by atoms with Crippen LogP contribution in [-0.2, 0) is 12.6 Å². The van der Waals surface area contributed by atoms with Crippen molar-refractivity contribution in [2.24, 2.45) is 0 Å². The molecule has 2 rings (SSSR count). The molecule has 2 nitrogen and oxygen atoms in total. The van der Waals surface area contributed by atoms with Gasteiger partial charge in [-0.15, -0.1) is 0 Å². The molecule has 0 saturated carbocycles. The number of halogens is 3. The molecule has 0 aromatic carbocycles.